The van der Waals surface area contributed by atoms with E-state index in [9.17, 15) is 4.79 Å². The van der Waals surface area contributed by atoms with Gasteiger partial charge < -0.3 is 34.3 Å². The minimum atomic E-state index is -0.147. The first kappa shape index (κ1) is 30.5. The lowest BCUT2D eigenvalue weighted by Crippen LogP contribution is -2.36. The van der Waals surface area contributed by atoms with Crippen molar-refractivity contribution in [1.29, 1.82) is 0 Å². The number of methoxy groups -OCH3 is 1. The molecule has 8 rings (SSSR count). The summed E-state index contributed by atoms with van der Waals surface area (Å²) in [4.78, 5) is 20.2. The predicted octanol–water partition coefficient (Wildman–Crippen LogP) is 7.53. The Morgan fingerprint density at radius 3 is 2.55 bits per heavy atom. The number of rotatable bonds is 9. The molecule has 0 atom stereocenters. The number of pyridine rings is 1. The smallest absolute Gasteiger partial charge is 0.257 e. The standard InChI is InChI=1S/C40H37N5O4/c1-47-32-4-2-3-28(21-32)25-45-26-35(33-13-15-41-24-39(33)45)29-6-11-34-37(23-29)42-36-12-5-27(22-38(36)43-40(34)46)14-18-49-31-9-7-30(8-10-31)44-16-19-48-20-17-44/h2-13,15,21-24,26,42H,14,16-20,25H2,1H3,(H,43,46). The molecular weight excluding hydrogens is 614 g/mol. The van der Waals surface area contributed by atoms with Gasteiger partial charge in [-0.1, -0.05) is 24.3 Å². The van der Waals surface area contributed by atoms with Crippen molar-refractivity contribution < 1.29 is 19.0 Å². The summed E-state index contributed by atoms with van der Waals surface area (Å²) < 4.78 is 19.2. The molecule has 0 radical (unpaired) electrons. The summed E-state index contributed by atoms with van der Waals surface area (Å²) in [6.45, 7) is 4.54. The van der Waals surface area contributed by atoms with Gasteiger partial charge in [0.05, 0.1) is 61.3 Å². The van der Waals surface area contributed by atoms with Gasteiger partial charge >= 0.3 is 0 Å². The van der Waals surface area contributed by atoms with Crippen molar-refractivity contribution in [1.82, 2.24) is 9.55 Å². The lowest BCUT2D eigenvalue weighted by molar-refractivity contribution is 0.102. The Hall–Kier alpha value is -5.80. The highest BCUT2D eigenvalue weighted by Gasteiger charge is 2.21. The summed E-state index contributed by atoms with van der Waals surface area (Å²) in [5.41, 5.74) is 9.45. The molecule has 49 heavy (non-hydrogen) atoms. The van der Waals surface area contributed by atoms with Gasteiger partial charge in [-0.2, -0.15) is 0 Å². The molecule has 2 aliphatic heterocycles. The third kappa shape index (κ3) is 6.40. The number of benzene rings is 4. The molecule has 2 aromatic heterocycles. The number of hydrogen-bond donors (Lipinski definition) is 2. The quantitative estimate of drug-likeness (QED) is 0.167. The van der Waals surface area contributed by atoms with Crippen LogP contribution in [0.1, 0.15) is 21.5 Å². The van der Waals surface area contributed by atoms with E-state index in [2.05, 4.69) is 61.6 Å². The van der Waals surface area contributed by atoms with E-state index >= 15 is 0 Å². The molecule has 9 nitrogen and oxygen atoms in total. The van der Waals surface area contributed by atoms with Crippen molar-refractivity contribution in [3.63, 3.8) is 0 Å². The Labute approximate surface area is 285 Å². The Morgan fingerprint density at radius 2 is 1.69 bits per heavy atom. The number of nitrogens with zero attached hydrogens (tertiary/aromatic N) is 3. The molecule has 1 amide bonds. The Kier molecular flexibility index (Phi) is 8.33. The summed E-state index contributed by atoms with van der Waals surface area (Å²) in [6, 6.07) is 30.5. The van der Waals surface area contributed by atoms with Gasteiger partial charge in [-0.3, -0.25) is 9.78 Å². The SMILES string of the molecule is COc1cccc(Cn2cc(-c3ccc4c(c3)Nc3ccc(CCOc5ccc(N6CCOCC6)cc5)cc3NC4=O)c3ccncc32)c1. The second-order valence-corrected chi connectivity index (χ2v) is 12.3. The van der Waals surface area contributed by atoms with Crippen LogP contribution in [0.4, 0.5) is 22.7 Å². The van der Waals surface area contributed by atoms with E-state index in [1.807, 2.05) is 73.1 Å². The highest BCUT2D eigenvalue weighted by atomic mass is 16.5. The largest absolute Gasteiger partial charge is 0.497 e. The lowest BCUT2D eigenvalue weighted by atomic mass is 10.0. The zero-order valence-corrected chi connectivity index (χ0v) is 27.3. The summed E-state index contributed by atoms with van der Waals surface area (Å²) in [6.07, 6.45) is 6.58. The molecular formula is C40H37N5O4. The van der Waals surface area contributed by atoms with E-state index in [0.29, 0.717) is 25.1 Å². The van der Waals surface area contributed by atoms with Crippen molar-refractivity contribution in [2.24, 2.45) is 0 Å². The average Bonchev–Trinajstić information content (AvgIpc) is 3.44. The number of fused-ring (bicyclic) bond motifs is 3. The van der Waals surface area contributed by atoms with Crippen LogP contribution in [0.25, 0.3) is 22.0 Å². The first-order chi connectivity index (χ1) is 24.1. The van der Waals surface area contributed by atoms with Crippen molar-refractivity contribution in [2.45, 2.75) is 13.0 Å². The summed E-state index contributed by atoms with van der Waals surface area (Å²) in [7, 11) is 1.68. The van der Waals surface area contributed by atoms with Crippen LogP contribution in [0.15, 0.2) is 110 Å². The molecule has 0 spiro atoms. The van der Waals surface area contributed by atoms with Crippen LogP contribution >= 0.6 is 0 Å². The van der Waals surface area contributed by atoms with E-state index in [-0.39, 0.29) is 5.91 Å². The Morgan fingerprint density at radius 1 is 0.816 bits per heavy atom. The fourth-order valence-corrected chi connectivity index (χ4v) is 6.63. The Bertz CT molecular complexity index is 2140. The second kappa shape index (κ2) is 13.4. The maximum Gasteiger partial charge on any atom is 0.257 e. The van der Waals surface area contributed by atoms with Crippen molar-refractivity contribution in [3.8, 4) is 22.6 Å². The first-order valence-electron chi connectivity index (χ1n) is 16.6. The van der Waals surface area contributed by atoms with Gasteiger partial charge in [-0.15, -0.1) is 0 Å². The predicted molar refractivity (Wildman–Crippen MR) is 194 cm³/mol. The minimum Gasteiger partial charge on any atom is -0.497 e. The monoisotopic (exact) mass is 651 g/mol. The molecule has 1 fully saturated rings. The highest BCUT2D eigenvalue weighted by Crippen LogP contribution is 2.38. The molecule has 9 heteroatoms. The topological polar surface area (TPSA) is 89.9 Å². The molecule has 246 valence electrons. The van der Waals surface area contributed by atoms with Gasteiger partial charge in [0, 0.05) is 55.1 Å². The van der Waals surface area contributed by atoms with Crippen molar-refractivity contribution in [3.05, 3.63) is 126 Å². The third-order valence-electron chi connectivity index (χ3n) is 9.22. The number of carbonyl (C=O) groups excluding carboxylic acids is 1. The number of amides is 1. The molecule has 2 aliphatic rings. The van der Waals surface area contributed by atoms with E-state index in [4.69, 9.17) is 14.2 Å². The number of ether oxygens (including phenoxy) is 3. The van der Waals surface area contributed by atoms with Crippen molar-refractivity contribution in [2.75, 3.05) is 55.6 Å². The van der Waals surface area contributed by atoms with Gasteiger partial charge in [-0.05, 0) is 83.4 Å². The molecule has 4 heterocycles. The number of hydrogen-bond acceptors (Lipinski definition) is 7. The fourth-order valence-electron chi connectivity index (χ4n) is 6.63. The van der Waals surface area contributed by atoms with Gasteiger partial charge in [-0.25, -0.2) is 0 Å². The second-order valence-electron chi connectivity index (χ2n) is 12.3. The molecule has 0 saturated carbocycles. The van der Waals surface area contributed by atoms with Crippen LogP contribution in [-0.2, 0) is 17.7 Å². The summed E-state index contributed by atoms with van der Waals surface area (Å²) in [5, 5.41) is 7.74. The highest BCUT2D eigenvalue weighted by molar-refractivity contribution is 6.13. The van der Waals surface area contributed by atoms with E-state index in [0.717, 1.165) is 88.0 Å². The van der Waals surface area contributed by atoms with Crippen LogP contribution in [0, 0.1) is 0 Å². The summed E-state index contributed by atoms with van der Waals surface area (Å²) >= 11 is 0. The molecule has 6 aromatic rings. The zero-order chi connectivity index (χ0) is 33.2. The molecule has 0 bridgehead atoms. The normalized spacial score (nSPS) is 14.0. The number of nitrogens with one attached hydrogen (secondary N) is 2. The average molecular weight is 652 g/mol. The van der Waals surface area contributed by atoms with Crippen molar-refractivity contribution >= 4 is 39.6 Å². The molecule has 4 aromatic carbocycles. The van der Waals surface area contributed by atoms with Crippen LogP contribution in [-0.4, -0.2) is 55.5 Å². The Balaban J connectivity index is 0.987. The van der Waals surface area contributed by atoms with Gasteiger partial charge in [0.15, 0.2) is 0 Å². The lowest BCUT2D eigenvalue weighted by Gasteiger charge is -2.28. The number of carbonyl (C=O) groups is 1. The molecule has 2 N–H and O–H groups in total. The molecule has 1 saturated heterocycles. The maximum atomic E-state index is 13.4. The number of aromatic nitrogens is 2. The first-order valence-corrected chi connectivity index (χ1v) is 16.6. The van der Waals surface area contributed by atoms with Crippen LogP contribution in [0.2, 0.25) is 0 Å². The third-order valence-corrected chi connectivity index (χ3v) is 9.22. The molecule has 0 unspecified atom stereocenters. The number of anilines is 4. The summed E-state index contributed by atoms with van der Waals surface area (Å²) in [5.74, 6) is 1.52. The van der Waals surface area contributed by atoms with Crippen LogP contribution in [0.3, 0.4) is 0 Å². The number of morpholine rings is 1. The van der Waals surface area contributed by atoms with Gasteiger partial charge in [0.2, 0.25) is 0 Å². The van der Waals surface area contributed by atoms with Crippen LogP contribution < -0.4 is 25.0 Å². The van der Waals surface area contributed by atoms with Gasteiger partial charge in [0.1, 0.15) is 11.5 Å². The zero-order valence-electron chi connectivity index (χ0n) is 27.3. The maximum absolute atomic E-state index is 13.4. The van der Waals surface area contributed by atoms with Gasteiger partial charge in [0.25, 0.3) is 5.91 Å². The van der Waals surface area contributed by atoms with E-state index in [1.165, 1.54) is 5.69 Å². The minimum absolute atomic E-state index is 0.147. The van der Waals surface area contributed by atoms with E-state index in [1.54, 1.807) is 7.11 Å². The molecule has 0 aliphatic carbocycles. The van der Waals surface area contributed by atoms with Crippen LogP contribution in [0.5, 0.6) is 11.5 Å². The van der Waals surface area contributed by atoms with E-state index < -0.39 is 0 Å². The fraction of sp³-hybridized carbons (Fsp3) is 0.200.